The van der Waals surface area contributed by atoms with Crippen molar-refractivity contribution in [3.05, 3.63) is 29.8 Å². The quantitative estimate of drug-likeness (QED) is 0.809. The molecule has 3 N–H and O–H groups in total. The van der Waals surface area contributed by atoms with Crippen LogP contribution in [0, 0.1) is 0 Å². The summed E-state index contributed by atoms with van der Waals surface area (Å²) in [6, 6.07) is 6.70. The van der Waals surface area contributed by atoms with Crippen molar-refractivity contribution < 1.29 is 14.7 Å². The first-order chi connectivity index (χ1) is 9.08. The van der Waals surface area contributed by atoms with Gasteiger partial charge in [-0.25, -0.2) is 0 Å². The van der Waals surface area contributed by atoms with Crippen molar-refractivity contribution in [1.82, 2.24) is 4.90 Å². The van der Waals surface area contributed by atoms with Crippen LogP contribution in [0.5, 0.6) is 0 Å². The molecule has 0 spiro atoms. The minimum Gasteiger partial charge on any atom is -0.480 e. The number of anilines is 1. The molecular formula is C14H18N2O3. The average Bonchev–Trinajstić information content (AvgIpc) is 2.88. The van der Waals surface area contributed by atoms with Crippen LogP contribution in [0.2, 0.25) is 0 Å². The number of carboxylic acid groups (broad SMARTS) is 1. The lowest BCUT2D eigenvalue weighted by Crippen LogP contribution is -2.42. The number of benzene rings is 1. The zero-order valence-corrected chi connectivity index (χ0v) is 10.7. The maximum absolute atomic E-state index is 12.4. The first-order valence-electron chi connectivity index (χ1n) is 6.46. The van der Waals surface area contributed by atoms with Gasteiger partial charge in [0.05, 0.1) is 0 Å². The molecule has 0 saturated heterocycles. The van der Waals surface area contributed by atoms with Crippen LogP contribution in [-0.4, -0.2) is 34.5 Å². The molecule has 0 unspecified atom stereocenters. The number of nitrogens with zero attached hydrogens (tertiary/aromatic N) is 1. The SMILES string of the molecule is Nc1cccc(C(=O)N(CC(=O)O)C2CCCC2)c1. The number of hydrogen-bond donors (Lipinski definition) is 2. The van der Waals surface area contributed by atoms with E-state index in [1.807, 2.05) is 0 Å². The summed E-state index contributed by atoms with van der Waals surface area (Å²) < 4.78 is 0. The molecule has 19 heavy (non-hydrogen) atoms. The summed E-state index contributed by atoms with van der Waals surface area (Å²) in [6.07, 6.45) is 3.85. The van der Waals surface area contributed by atoms with Gasteiger partial charge in [0, 0.05) is 17.3 Å². The van der Waals surface area contributed by atoms with E-state index in [4.69, 9.17) is 10.8 Å². The van der Waals surface area contributed by atoms with Crippen LogP contribution < -0.4 is 5.73 Å². The van der Waals surface area contributed by atoms with Gasteiger partial charge in [0.25, 0.3) is 5.91 Å². The van der Waals surface area contributed by atoms with Crippen LogP contribution in [0.1, 0.15) is 36.0 Å². The maximum atomic E-state index is 12.4. The predicted octanol–water partition coefficient (Wildman–Crippen LogP) is 1.74. The molecule has 0 atom stereocenters. The Morgan fingerprint density at radius 1 is 1.32 bits per heavy atom. The third-order valence-corrected chi connectivity index (χ3v) is 3.47. The zero-order valence-electron chi connectivity index (χ0n) is 10.7. The molecule has 1 fully saturated rings. The highest BCUT2D eigenvalue weighted by Crippen LogP contribution is 2.25. The summed E-state index contributed by atoms with van der Waals surface area (Å²) in [5.41, 5.74) is 6.62. The summed E-state index contributed by atoms with van der Waals surface area (Å²) in [7, 11) is 0. The molecule has 0 aliphatic heterocycles. The molecule has 0 aromatic heterocycles. The van der Waals surface area contributed by atoms with Gasteiger partial charge in [0.2, 0.25) is 0 Å². The van der Waals surface area contributed by atoms with E-state index in [-0.39, 0.29) is 18.5 Å². The third-order valence-electron chi connectivity index (χ3n) is 3.47. The monoisotopic (exact) mass is 262 g/mol. The van der Waals surface area contributed by atoms with E-state index in [1.54, 1.807) is 24.3 Å². The van der Waals surface area contributed by atoms with E-state index in [9.17, 15) is 9.59 Å². The highest BCUT2D eigenvalue weighted by molar-refractivity contribution is 5.96. The number of carbonyl (C=O) groups is 2. The van der Waals surface area contributed by atoms with Gasteiger partial charge < -0.3 is 15.7 Å². The van der Waals surface area contributed by atoms with Crippen LogP contribution in [0.15, 0.2) is 24.3 Å². The van der Waals surface area contributed by atoms with Crippen LogP contribution in [0.25, 0.3) is 0 Å². The summed E-state index contributed by atoms with van der Waals surface area (Å²) in [6.45, 7) is -0.252. The Hall–Kier alpha value is -2.04. The molecule has 5 heteroatoms. The largest absolute Gasteiger partial charge is 0.480 e. The lowest BCUT2D eigenvalue weighted by molar-refractivity contribution is -0.138. The maximum Gasteiger partial charge on any atom is 0.323 e. The molecule has 1 aliphatic rings. The second-order valence-electron chi connectivity index (χ2n) is 4.89. The molecular weight excluding hydrogens is 244 g/mol. The Balaban J connectivity index is 2.21. The molecule has 1 aromatic carbocycles. The smallest absolute Gasteiger partial charge is 0.323 e. The van der Waals surface area contributed by atoms with E-state index < -0.39 is 5.97 Å². The number of nitrogen functional groups attached to an aromatic ring is 1. The fraction of sp³-hybridized carbons (Fsp3) is 0.429. The molecule has 0 heterocycles. The Morgan fingerprint density at radius 3 is 2.58 bits per heavy atom. The summed E-state index contributed by atoms with van der Waals surface area (Å²) in [5, 5.41) is 8.98. The van der Waals surface area contributed by atoms with E-state index >= 15 is 0 Å². The Bertz CT molecular complexity index is 481. The van der Waals surface area contributed by atoms with Crippen molar-refractivity contribution in [3.8, 4) is 0 Å². The van der Waals surface area contributed by atoms with Gasteiger partial charge in [-0.2, -0.15) is 0 Å². The van der Waals surface area contributed by atoms with Gasteiger partial charge >= 0.3 is 5.97 Å². The normalized spacial score (nSPS) is 15.4. The Kier molecular flexibility index (Phi) is 4.04. The van der Waals surface area contributed by atoms with Crippen molar-refractivity contribution in [3.63, 3.8) is 0 Å². The summed E-state index contributed by atoms with van der Waals surface area (Å²) in [5.74, 6) is -1.23. The minimum atomic E-state index is -0.982. The van der Waals surface area contributed by atoms with Crippen molar-refractivity contribution in [2.45, 2.75) is 31.7 Å². The van der Waals surface area contributed by atoms with Crippen molar-refractivity contribution in [2.24, 2.45) is 0 Å². The summed E-state index contributed by atoms with van der Waals surface area (Å²) in [4.78, 5) is 24.8. The first-order valence-corrected chi connectivity index (χ1v) is 6.46. The van der Waals surface area contributed by atoms with Gasteiger partial charge in [-0.3, -0.25) is 9.59 Å². The second kappa shape index (κ2) is 5.73. The Morgan fingerprint density at radius 2 is 2.00 bits per heavy atom. The molecule has 1 aromatic rings. The van der Waals surface area contributed by atoms with Gasteiger partial charge in [-0.15, -0.1) is 0 Å². The van der Waals surface area contributed by atoms with Crippen molar-refractivity contribution in [2.75, 3.05) is 12.3 Å². The number of carbonyl (C=O) groups excluding carboxylic acids is 1. The second-order valence-corrected chi connectivity index (χ2v) is 4.89. The molecule has 5 nitrogen and oxygen atoms in total. The highest BCUT2D eigenvalue weighted by Gasteiger charge is 2.28. The van der Waals surface area contributed by atoms with Gasteiger partial charge in [-0.1, -0.05) is 18.9 Å². The molecule has 1 saturated carbocycles. The minimum absolute atomic E-state index is 0.0324. The van der Waals surface area contributed by atoms with Crippen molar-refractivity contribution >= 4 is 17.6 Å². The van der Waals surface area contributed by atoms with Crippen LogP contribution >= 0.6 is 0 Å². The first kappa shape index (κ1) is 13.4. The number of rotatable bonds is 4. The topological polar surface area (TPSA) is 83.6 Å². The lowest BCUT2D eigenvalue weighted by atomic mass is 10.1. The van der Waals surface area contributed by atoms with Gasteiger partial charge in [-0.05, 0) is 31.0 Å². The van der Waals surface area contributed by atoms with E-state index in [2.05, 4.69) is 0 Å². The molecule has 1 aliphatic carbocycles. The number of nitrogens with two attached hydrogens (primary N) is 1. The number of hydrogen-bond acceptors (Lipinski definition) is 3. The Labute approximate surface area is 112 Å². The predicted molar refractivity (Wildman–Crippen MR) is 71.8 cm³/mol. The van der Waals surface area contributed by atoms with Crippen LogP contribution in [0.4, 0.5) is 5.69 Å². The molecule has 102 valence electrons. The van der Waals surface area contributed by atoms with E-state index in [0.29, 0.717) is 11.3 Å². The number of aliphatic carboxylic acids is 1. The van der Waals surface area contributed by atoms with Crippen LogP contribution in [-0.2, 0) is 4.79 Å². The number of carboxylic acids is 1. The molecule has 2 rings (SSSR count). The fourth-order valence-electron chi connectivity index (χ4n) is 2.57. The zero-order chi connectivity index (χ0) is 13.8. The van der Waals surface area contributed by atoms with Crippen LogP contribution in [0.3, 0.4) is 0 Å². The molecule has 0 bridgehead atoms. The standard InChI is InChI=1S/C14H18N2O3/c15-11-5-3-4-10(8-11)14(19)16(9-13(17)18)12-6-1-2-7-12/h3-5,8,12H,1-2,6-7,9,15H2,(H,17,18). The average molecular weight is 262 g/mol. The van der Waals surface area contributed by atoms with Gasteiger partial charge in [0.15, 0.2) is 0 Å². The summed E-state index contributed by atoms with van der Waals surface area (Å²) >= 11 is 0. The highest BCUT2D eigenvalue weighted by atomic mass is 16.4. The van der Waals surface area contributed by atoms with E-state index in [1.165, 1.54) is 4.90 Å². The lowest BCUT2D eigenvalue weighted by Gasteiger charge is -2.27. The molecule has 0 radical (unpaired) electrons. The van der Waals surface area contributed by atoms with E-state index in [0.717, 1.165) is 25.7 Å². The molecule has 1 amide bonds. The van der Waals surface area contributed by atoms with Gasteiger partial charge in [0.1, 0.15) is 6.54 Å². The van der Waals surface area contributed by atoms with Crippen molar-refractivity contribution in [1.29, 1.82) is 0 Å². The number of amides is 1. The third kappa shape index (κ3) is 3.24. The fourth-order valence-corrected chi connectivity index (χ4v) is 2.57.